The molecule has 1 aliphatic heterocycles. The van der Waals surface area contributed by atoms with Crippen molar-refractivity contribution in [2.45, 2.75) is 31.0 Å². The van der Waals surface area contributed by atoms with E-state index in [1.165, 1.54) is 31.3 Å². The van der Waals surface area contributed by atoms with Crippen molar-refractivity contribution in [3.8, 4) is 6.07 Å². The largest absolute Gasteiger partial charge is 0.469 e. The second-order valence-electron chi connectivity index (χ2n) is 8.24. The molecule has 2 N–H and O–H groups in total. The van der Waals surface area contributed by atoms with E-state index in [1.807, 2.05) is 0 Å². The molecule has 35 heavy (non-hydrogen) atoms. The lowest BCUT2D eigenvalue weighted by Gasteiger charge is -2.40. The number of alkyl halides is 3. The van der Waals surface area contributed by atoms with E-state index in [1.54, 1.807) is 18.2 Å². The molecule has 2 aromatic carbocycles. The molecule has 2 atom stereocenters. The third-order valence-electron chi connectivity index (χ3n) is 6.12. The number of likely N-dealkylation sites (N-methyl/N-ethyl adjacent to an activating group) is 1. The first-order chi connectivity index (χ1) is 16.3. The van der Waals surface area contributed by atoms with Crippen LogP contribution < -0.4 is 0 Å². The van der Waals surface area contributed by atoms with Crippen LogP contribution in [-0.4, -0.2) is 40.0 Å². The molecule has 0 aliphatic carbocycles. The Morgan fingerprint density at radius 1 is 1.20 bits per heavy atom. The topological polar surface area (TPSA) is 128 Å². The minimum atomic E-state index is -5.05. The maximum Gasteiger partial charge on any atom is 0.469 e. The smallest absolute Gasteiger partial charge is 0.327 e. The van der Waals surface area contributed by atoms with Crippen LogP contribution in [0, 0.1) is 17.2 Å². The van der Waals surface area contributed by atoms with Crippen LogP contribution in [0.1, 0.15) is 35.1 Å². The van der Waals surface area contributed by atoms with E-state index >= 15 is 0 Å². The summed E-state index contributed by atoms with van der Waals surface area (Å²) in [7, 11) is -3.73. The number of halogens is 3. The summed E-state index contributed by atoms with van der Waals surface area (Å²) in [5.41, 5.74) is -3.23. The molecule has 1 fully saturated rings. The molecule has 1 saturated heterocycles. The molecule has 12 heteroatoms. The van der Waals surface area contributed by atoms with E-state index in [9.17, 15) is 37.1 Å². The highest BCUT2D eigenvalue weighted by molar-refractivity contribution is 7.46. The van der Waals surface area contributed by atoms with Gasteiger partial charge in [-0.2, -0.15) is 18.4 Å². The maximum absolute atomic E-state index is 13.9. The van der Waals surface area contributed by atoms with Crippen LogP contribution >= 0.6 is 7.82 Å². The lowest BCUT2D eigenvalue weighted by Crippen LogP contribution is -2.56. The van der Waals surface area contributed by atoms with Crippen LogP contribution in [0.5, 0.6) is 0 Å². The summed E-state index contributed by atoms with van der Waals surface area (Å²) in [5, 5.41) is 9.03. The second kappa shape index (κ2) is 9.91. The van der Waals surface area contributed by atoms with Crippen molar-refractivity contribution in [2.75, 3.05) is 13.7 Å². The maximum atomic E-state index is 13.9. The number of ketones is 1. The highest BCUT2D eigenvalue weighted by Crippen LogP contribution is 2.43. The third-order valence-corrected chi connectivity index (χ3v) is 6.58. The number of nitrogens with zero attached hydrogens (tertiary/aromatic N) is 2. The van der Waals surface area contributed by atoms with Gasteiger partial charge >= 0.3 is 14.0 Å². The van der Waals surface area contributed by atoms with Gasteiger partial charge in [-0.1, -0.05) is 36.4 Å². The zero-order valence-corrected chi connectivity index (χ0v) is 19.4. The minimum absolute atomic E-state index is 0.00779. The molecule has 1 amide bonds. The number of benzene rings is 2. The van der Waals surface area contributed by atoms with Crippen LogP contribution in [0.3, 0.4) is 0 Å². The Kier molecular flexibility index (Phi) is 7.53. The lowest BCUT2D eigenvalue weighted by atomic mass is 9.77. The average Bonchev–Trinajstić information content (AvgIpc) is 2.88. The van der Waals surface area contributed by atoms with Crippen LogP contribution in [0.4, 0.5) is 13.2 Å². The Hall–Kier alpha value is -3.03. The summed E-state index contributed by atoms with van der Waals surface area (Å²) < 4.78 is 56.6. The zero-order valence-electron chi connectivity index (χ0n) is 18.5. The predicted octanol–water partition coefficient (Wildman–Crippen LogP) is 3.56. The van der Waals surface area contributed by atoms with E-state index < -0.39 is 54.9 Å². The van der Waals surface area contributed by atoms with Gasteiger partial charge in [0.2, 0.25) is 5.91 Å². The summed E-state index contributed by atoms with van der Waals surface area (Å²) >= 11 is 0. The zero-order chi connectivity index (χ0) is 26.0. The fourth-order valence-corrected chi connectivity index (χ4v) is 4.68. The van der Waals surface area contributed by atoms with Gasteiger partial charge in [-0.15, -0.1) is 0 Å². The number of carbonyl (C=O) groups is 2. The second-order valence-corrected chi connectivity index (χ2v) is 9.48. The quantitative estimate of drug-likeness (QED) is 0.569. The van der Waals surface area contributed by atoms with Crippen LogP contribution in [0.25, 0.3) is 0 Å². The number of amides is 1. The third kappa shape index (κ3) is 5.63. The molecule has 0 bridgehead atoms. The molecular formula is C23H22F3N2O6P. The van der Waals surface area contributed by atoms with E-state index in [-0.39, 0.29) is 30.4 Å². The molecule has 0 spiro atoms. The highest BCUT2D eigenvalue weighted by atomic mass is 31.2. The summed E-state index contributed by atoms with van der Waals surface area (Å²) in [6, 6.07) is 12.5. The number of hydrogen-bond acceptors (Lipinski definition) is 5. The van der Waals surface area contributed by atoms with Gasteiger partial charge in [0, 0.05) is 19.4 Å². The number of hydrogen-bond donors (Lipinski definition) is 2. The lowest BCUT2D eigenvalue weighted by molar-refractivity contribution is -0.147. The van der Waals surface area contributed by atoms with E-state index in [0.717, 1.165) is 17.0 Å². The molecular weight excluding hydrogens is 488 g/mol. The number of carbonyl (C=O) groups excluding carboxylic acids is 2. The molecule has 1 unspecified atom stereocenters. The van der Waals surface area contributed by atoms with Crippen molar-refractivity contribution < 1.29 is 41.6 Å². The fraction of sp³-hybridized carbons (Fsp3) is 0.348. The Balaban J connectivity index is 2.10. The fourth-order valence-electron chi connectivity index (χ4n) is 4.32. The molecule has 8 nitrogen and oxygen atoms in total. The molecule has 1 aliphatic rings. The van der Waals surface area contributed by atoms with Crippen molar-refractivity contribution in [3.05, 3.63) is 70.8 Å². The van der Waals surface area contributed by atoms with Crippen LogP contribution in [0.2, 0.25) is 0 Å². The molecule has 0 saturated carbocycles. The van der Waals surface area contributed by atoms with Crippen LogP contribution in [-0.2, 0) is 36.8 Å². The molecule has 2 aromatic rings. The first kappa shape index (κ1) is 26.6. The van der Waals surface area contributed by atoms with Gasteiger partial charge < -0.3 is 14.7 Å². The average molecular weight is 510 g/mol. The van der Waals surface area contributed by atoms with Crippen molar-refractivity contribution in [1.29, 1.82) is 5.26 Å². The Bertz CT molecular complexity index is 1210. The number of likely N-dealkylation sites (tertiary alicyclic amines) is 1. The Labute approximate surface area is 199 Å². The summed E-state index contributed by atoms with van der Waals surface area (Å²) in [6.07, 6.45) is -5.07. The van der Waals surface area contributed by atoms with Gasteiger partial charge in [0.1, 0.15) is 0 Å². The summed E-state index contributed by atoms with van der Waals surface area (Å²) in [4.78, 5) is 46.5. The van der Waals surface area contributed by atoms with Gasteiger partial charge in [-0.05, 0) is 36.1 Å². The summed E-state index contributed by atoms with van der Waals surface area (Å²) in [6.45, 7) is -0.847. The number of Topliss-reactive ketones (excluding diaryl/α,β-unsaturated/α-hetero) is 1. The molecule has 0 radical (unpaired) electrons. The SMILES string of the molecule is CN1C(=O)CCC(Cc2ccc(C#N)c(C(F)(F)F)c2)C(=O)[C@@]1(COP(=O)(O)O)c1ccccc1. The van der Waals surface area contributed by atoms with Gasteiger partial charge in [0.05, 0.1) is 23.8 Å². The van der Waals surface area contributed by atoms with Gasteiger partial charge in [-0.25, -0.2) is 4.57 Å². The number of nitriles is 1. The van der Waals surface area contributed by atoms with Crippen LogP contribution in [0.15, 0.2) is 48.5 Å². The van der Waals surface area contributed by atoms with Gasteiger partial charge in [0.15, 0.2) is 11.3 Å². The van der Waals surface area contributed by atoms with E-state index in [4.69, 9.17) is 9.79 Å². The summed E-state index contributed by atoms with van der Waals surface area (Å²) in [5.74, 6) is -2.09. The molecule has 1 heterocycles. The van der Waals surface area contributed by atoms with Crippen molar-refractivity contribution in [2.24, 2.45) is 5.92 Å². The Morgan fingerprint density at radius 2 is 1.86 bits per heavy atom. The van der Waals surface area contributed by atoms with E-state index in [0.29, 0.717) is 0 Å². The van der Waals surface area contributed by atoms with Crippen molar-refractivity contribution in [3.63, 3.8) is 0 Å². The first-order valence-electron chi connectivity index (χ1n) is 10.5. The number of phosphoric acid groups is 1. The van der Waals surface area contributed by atoms with Crippen molar-refractivity contribution in [1.82, 2.24) is 4.90 Å². The normalized spacial score (nSPS) is 21.5. The minimum Gasteiger partial charge on any atom is -0.327 e. The first-order valence-corrected chi connectivity index (χ1v) is 12.0. The van der Waals surface area contributed by atoms with Gasteiger partial charge in [0.25, 0.3) is 0 Å². The molecule has 3 rings (SSSR count). The standard InChI is InChI=1S/C23H22F3N2O6P/c1-28-20(29)10-9-16(11-15-7-8-17(13-27)19(12-15)23(24,25)26)21(30)22(28,14-34-35(31,32)33)18-5-3-2-4-6-18/h2-8,12,16H,9-11,14H2,1H3,(H2,31,32,33)/t16?,22-/m1/s1. The Morgan fingerprint density at radius 3 is 2.43 bits per heavy atom. The highest BCUT2D eigenvalue weighted by Gasteiger charge is 2.51. The molecule has 186 valence electrons. The predicted molar refractivity (Wildman–Crippen MR) is 116 cm³/mol. The number of phosphoric ester groups is 1. The van der Waals surface area contributed by atoms with E-state index in [2.05, 4.69) is 0 Å². The monoisotopic (exact) mass is 510 g/mol. The molecule has 0 aromatic heterocycles. The number of rotatable bonds is 6. The van der Waals surface area contributed by atoms with Crippen molar-refractivity contribution >= 4 is 19.5 Å². The van der Waals surface area contributed by atoms with Gasteiger partial charge in [-0.3, -0.25) is 14.1 Å².